The number of ether oxygens (including phenoxy) is 1. The van der Waals surface area contributed by atoms with Crippen LogP contribution < -0.4 is 5.32 Å². The third kappa shape index (κ3) is 8.36. The summed E-state index contributed by atoms with van der Waals surface area (Å²) < 4.78 is 43.8. The molecule has 4 rings (SSSR count). The van der Waals surface area contributed by atoms with E-state index in [2.05, 4.69) is 5.32 Å². The van der Waals surface area contributed by atoms with Gasteiger partial charge in [0.05, 0.1) is 24.1 Å². The molecule has 0 aromatic heterocycles. The van der Waals surface area contributed by atoms with Crippen LogP contribution in [0.25, 0.3) is 0 Å². The molecule has 1 aromatic carbocycles. The Hall–Kier alpha value is -2.82. The monoisotopic (exact) mass is 580 g/mol. The molecular formula is C28H40BF3N4O5. The molecule has 2 amide bonds. The topological polar surface area (TPSA) is 126 Å². The zero-order valence-corrected chi connectivity index (χ0v) is 24.1. The Morgan fingerprint density at radius 2 is 1.80 bits per heavy atom. The molecule has 1 aromatic rings. The Kier molecular flexibility index (Phi) is 10.4. The molecular weight excluding hydrogens is 540 g/mol. The van der Waals surface area contributed by atoms with Gasteiger partial charge in [-0.1, -0.05) is 12.1 Å². The van der Waals surface area contributed by atoms with E-state index in [0.717, 1.165) is 12.8 Å². The van der Waals surface area contributed by atoms with Crippen molar-refractivity contribution in [1.29, 1.82) is 5.26 Å². The molecule has 0 spiro atoms. The van der Waals surface area contributed by atoms with Gasteiger partial charge in [0.2, 0.25) is 5.91 Å². The van der Waals surface area contributed by atoms with E-state index in [0.29, 0.717) is 24.9 Å². The molecule has 0 saturated carbocycles. The highest BCUT2D eigenvalue weighted by Gasteiger charge is 2.55. The first-order chi connectivity index (χ1) is 19.1. The fourth-order valence-corrected chi connectivity index (χ4v) is 5.72. The number of amides is 2. The van der Waals surface area contributed by atoms with Crippen LogP contribution >= 0.6 is 0 Å². The first-order valence-electron chi connectivity index (χ1n) is 14.0. The van der Waals surface area contributed by atoms with Crippen LogP contribution in [0.1, 0.15) is 65.4 Å². The van der Waals surface area contributed by atoms with Gasteiger partial charge in [-0.15, -0.1) is 0 Å². The molecule has 2 atom stereocenters. The lowest BCUT2D eigenvalue weighted by Crippen LogP contribution is -2.52. The minimum atomic E-state index is -2.45. The predicted octanol–water partition coefficient (Wildman–Crippen LogP) is 3.28. The number of alkyl carbamates (subject to hydrolysis) is 1. The molecule has 0 radical (unpaired) electrons. The van der Waals surface area contributed by atoms with Crippen LogP contribution in [-0.2, 0) is 16.0 Å². The molecule has 2 bridgehead atoms. The zero-order chi connectivity index (χ0) is 30.6. The van der Waals surface area contributed by atoms with Crippen LogP contribution in [0.15, 0.2) is 24.3 Å². The maximum absolute atomic E-state index is 13.0. The Morgan fingerprint density at radius 1 is 1.20 bits per heavy atom. The fraction of sp³-hybridized carbons (Fsp3) is 0.679. The van der Waals surface area contributed by atoms with E-state index in [9.17, 15) is 32.8 Å². The standard InChI is InChI=1S/C20H25BFN3O5.C8H15F2N/c1-13(11-23)18(26)25-16-6-8-20(25,9-7-16)12-30-19(27)24-17(21(28)29)10-14-2-4-15(22)5-3-14;1-7(2,3)11-5-4-8(9,10)6-11/h2-5,13,16-17,28-29H,6-10,12H2,1H3,(H,24,27);4-6H2,1-3H3. The van der Waals surface area contributed by atoms with Crippen molar-refractivity contribution < 1.29 is 37.5 Å². The molecule has 0 aliphatic carbocycles. The van der Waals surface area contributed by atoms with E-state index in [4.69, 9.17) is 10.00 Å². The van der Waals surface area contributed by atoms with Gasteiger partial charge in [-0.25, -0.2) is 18.0 Å². The number of alkyl halides is 2. The zero-order valence-electron chi connectivity index (χ0n) is 24.1. The number of rotatable bonds is 7. The van der Waals surface area contributed by atoms with Crippen LogP contribution in [0, 0.1) is 23.1 Å². The van der Waals surface area contributed by atoms with Crippen molar-refractivity contribution in [3.63, 3.8) is 0 Å². The lowest BCUT2D eigenvalue weighted by Gasteiger charge is -2.35. The summed E-state index contributed by atoms with van der Waals surface area (Å²) in [5.74, 6) is -4.92. The second kappa shape index (κ2) is 13.0. The van der Waals surface area contributed by atoms with Gasteiger partial charge >= 0.3 is 13.2 Å². The SMILES string of the molecule is CC(C#N)C(=O)N1C2CCC1(COC(=O)NC(Cc1ccc(F)cc1)B(O)O)CC2.CC(C)(C)N1CCC(F)(F)C1. The van der Waals surface area contributed by atoms with Crippen LogP contribution in [0.5, 0.6) is 0 Å². The Balaban J connectivity index is 0.000000352. The molecule has 3 N–H and O–H groups in total. The summed E-state index contributed by atoms with van der Waals surface area (Å²) >= 11 is 0. The normalized spacial score (nSPS) is 24.6. The summed E-state index contributed by atoms with van der Waals surface area (Å²) in [6.45, 7) is 7.89. The van der Waals surface area contributed by atoms with Crippen LogP contribution in [0.2, 0.25) is 0 Å². The Bertz CT molecular complexity index is 1100. The minimum Gasteiger partial charge on any atom is -0.447 e. The highest BCUT2D eigenvalue weighted by atomic mass is 19.3. The lowest BCUT2D eigenvalue weighted by molar-refractivity contribution is -0.138. The van der Waals surface area contributed by atoms with Crippen molar-refractivity contribution in [1.82, 2.24) is 15.1 Å². The molecule has 226 valence electrons. The summed E-state index contributed by atoms with van der Waals surface area (Å²) in [7, 11) is -1.84. The number of nitrogens with zero attached hydrogens (tertiary/aromatic N) is 3. The minimum absolute atomic E-state index is 0.0181. The molecule has 3 fully saturated rings. The number of carbonyl (C=O) groups is 2. The van der Waals surface area contributed by atoms with E-state index in [-0.39, 0.29) is 43.5 Å². The number of halogens is 3. The molecule has 3 aliphatic rings. The number of nitriles is 1. The van der Waals surface area contributed by atoms with E-state index in [1.165, 1.54) is 24.3 Å². The molecule has 3 heterocycles. The number of likely N-dealkylation sites (tertiary alicyclic amines) is 1. The number of nitrogens with one attached hydrogen (secondary N) is 1. The third-order valence-corrected chi connectivity index (χ3v) is 8.19. The van der Waals surface area contributed by atoms with Crippen LogP contribution in [0.4, 0.5) is 18.0 Å². The largest absolute Gasteiger partial charge is 0.475 e. The van der Waals surface area contributed by atoms with Crippen molar-refractivity contribution in [3.8, 4) is 6.07 Å². The van der Waals surface area contributed by atoms with Gasteiger partial charge in [-0.2, -0.15) is 5.26 Å². The number of fused-ring (bicyclic) bond motifs is 2. The molecule has 3 saturated heterocycles. The highest BCUT2D eigenvalue weighted by Crippen LogP contribution is 2.47. The molecule has 2 unspecified atom stereocenters. The van der Waals surface area contributed by atoms with E-state index >= 15 is 0 Å². The number of carbonyl (C=O) groups excluding carboxylic acids is 2. The first kappa shape index (κ1) is 32.7. The maximum atomic E-state index is 13.0. The van der Waals surface area contributed by atoms with Crippen molar-refractivity contribution in [2.24, 2.45) is 5.92 Å². The van der Waals surface area contributed by atoms with Gasteiger partial charge in [0.25, 0.3) is 5.92 Å². The summed E-state index contributed by atoms with van der Waals surface area (Å²) in [5, 5.41) is 30.7. The fourth-order valence-electron chi connectivity index (χ4n) is 5.72. The second-order valence-corrected chi connectivity index (χ2v) is 12.3. The van der Waals surface area contributed by atoms with Gasteiger partial charge in [-0.05, 0) is 77.5 Å². The Morgan fingerprint density at radius 3 is 2.27 bits per heavy atom. The highest BCUT2D eigenvalue weighted by molar-refractivity contribution is 6.43. The number of hydrogen-bond donors (Lipinski definition) is 3. The summed E-state index contributed by atoms with van der Waals surface area (Å²) in [6.07, 6.45) is 2.25. The quantitative estimate of drug-likeness (QED) is 0.423. The van der Waals surface area contributed by atoms with Gasteiger partial charge < -0.3 is 25.0 Å². The molecule has 3 aliphatic heterocycles. The van der Waals surface area contributed by atoms with Gasteiger partial charge in [0.1, 0.15) is 18.3 Å². The summed E-state index contributed by atoms with van der Waals surface area (Å²) in [4.78, 5) is 28.5. The van der Waals surface area contributed by atoms with Crippen LogP contribution in [0.3, 0.4) is 0 Å². The van der Waals surface area contributed by atoms with Crippen molar-refractivity contribution in [2.45, 2.75) is 95.2 Å². The van der Waals surface area contributed by atoms with E-state index < -0.39 is 42.3 Å². The maximum Gasteiger partial charge on any atom is 0.475 e. The molecule has 13 heteroatoms. The second-order valence-electron chi connectivity index (χ2n) is 12.3. The predicted molar refractivity (Wildman–Crippen MR) is 146 cm³/mol. The molecule has 41 heavy (non-hydrogen) atoms. The first-order valence-corrected chi connectivity index (χ1v) is 14.0. The van der Waals surface area contributed by atoms with Crippen molar-refractivity contribution >= 4 is 19.1 Å². The van der Waals surface area contributed by atoms with Crippen molar-refractivity contribution in [3.05, 3.63) is 35.6 Å². The number of benzene rings is 1. The van der Waals surface area contributed by atoms with E-state index in [1.54, 1.807) is 11.8 Å². The van der Waals surface area contributed by atoms with Crippen molar-refractivity contribution in [2.75, 3.05) is 19.7 Å². The van der Waals surface area contributed by atoms with Gasteiger partial charge in [0, 0.05) is 24.5 Å². The van der Waals surface area contributed by atoms with Crippen LogP contribution in [-0.4, -0.2) is 87.6 Å². The summed E-state index contributed by atoms with van der Waals surface area (Å²) in [5.41, 5.74) is -0.112. The van der Waals surface area contributed by atoms with Gasteiger partial charge in [-0.3, -0.25) is 9.69 Å². The summed E-state index contributed by atoms with van der Waals surface area (Å²) in [6, 6.07) is 7.51. The number of hydrogen-bond acceptors (Lipinski definition) is 7. The lowest BCUT2D eigenvalue weighted by atomic mass is 9.76. The third-order valence-electron chi connectivity index (χ3n) is 8.19. The van der Waals surface area contributed by atoms with Gasteiger partial charge in [0.15, 0.2) is 0 Å². The Labute approximate surface area is 239 Å². The molecule has 9 nitrogen and oxygen atoms in total. The smallest absolute Gasteiger partial charge is 0.447 e. The average molecular weight is 580 g/mol. The van der Waals surface area contributed by atoms with E-state index in [1.807, 2.05) is 31.7 Å². The average Bonchev–Trinajstić information content (AvgIpc) is 3.58.